The number of phenols is 2. The second kappa shape index (κ2) is 15.6. The van der Waals surface area contributed by atoms with Crippen LogP contribution in [0.25, 0.3) is 11.0 Å². The van der Waals surface area contributed by atoms with Crippen molar-refractivity contribution in [1.82, 2.24) is 16.0 Å². The molecule has 6 rings (SSSR count). The number of rotatable bonds is 12. The number of esters is 1. The standard InChI is InChI=1S/C41H48N4O8/c1-5-23(3)40(50)52-32-20-30-37(49)36-31(48)19-28(22-46)51-39(36)35(29(26-13-15-44-33(42)18-26)17-25-8-7-9-27(47)16-25)38(30)53-41(32,4)14-12-24-10-11-34(43-6-2)45-21-24/h5,7-11,13,16,18-19,21,29,32,34,43-47,49H,6,12,14-15,17,20,22,42H2,1-4H3. The van der Waals surface area contributed by atoms with Crippen LogP contribution in [0.2, 0.25) is 0 Å². The third-order valence-electron chi connectivity index (χ3n) is 10.2. The maximum atomic E-state index is 13.8. The van der Waals surface area contributed by atoms with Crippen LogP contribution in [-0.2, 0) is 29.0 Å². The Bertz CT molecular complexity index is 2110. The second-order valence-corrected chi connectivity index (χ2v) is 13.9. The number of fused-ring (bicyclic) bond motifs is 2. The molecule has 8 N–H and O–H groups in total. The second-order valence-electron chi connectivity index (χ2n) is 13.9. The Hall–Kier alpha value is -5.46. The van der Waals surface area contributed by atoms with E-state index in [1.165, 1.54) is 0 Å². The normalized spacial score (nSPS) is 21.7. The fourth-order valence-corrected chi connectivity index (χ4v) is 7.14. The van der Waals surface area contributed by atoms with Gasteiger partial charge in [-0.05, 0) is 87.6 Å². The summed E-state index contributed by atoms with van der Waals surface area (Å²) in [7, 11) is 0. The fourth-order valence-electron chi connectivity index (χ4n) is 7.14. The summed E-state index contributed by atoms with van der Waals surface area (Å²) in [4.78, 5) is 27.1. The first-order valence-corrected chi connectivity index (χ1v) is 18.0. The Kier molecular flexibility index (Phi) is 11.0. The molecule has 0 radical (unpaired) electrons. The Morgan fingerprint density at radius 1 is 1.26 bits per heavy atom. The van der Waals surface area contributed by atoms with Gasteiger partial charge in [-0.25, -0.2) is 4.79 Å². The SMILES string of the molecule is CC=C(C)C(=O)OC1Cc2c(c(C(Cc3cccc(O)c3)C3=CCNC(N)=C3)c3oc(CO)cc(=O)c3c2O)OC1(C)CCC1=CNC(NCC)C=C1. The summed E-state index contributed by atoms with van der Waals surface area (Å²) in [6.07, 6.45) is 12.0. The molecule has 0 amide bonds. The lowest BCUT2D eigenvalue weighted by molar-refractivity contribution is -0.158. The number of hydrogen-bond acceptors (Lipinski definition) is 12. The van der Waals surface area contributed by atoms with Gasteiger partial charge in [0.05, 0.1) is 12.0 Å². The largest absolute Gasteiger partial charge is 0.508 e. The number of carbonyl (C=O) groups is 1. The number of benzene rings is 2. The van der Waals surface area contributed by atoms with Crippen molar-refractivity contribution in [2.24, 2.45) is 5.73 Å². The Morgan fingerprint density at radius 3 is 2.75 bits per heavy atom. The van der Waals surface area contributed by atoms with E-state index in [-0.39, 0.29) is 40.8 Å². The quantitative estimate of drug-likeness (QED) is 0.101. The van der Waals surface area contributed by atoms with Gasteiger partial charge in [0.25, 0.3) is 0 Å². The summed E-state index contributed by atoms with van der Waals surface area (Å²) < 4.78 is 19.5. The molecule has 12 nitrogen and oxygen atoms in total. The van der Waals surface area contributed by atoms with Crippen LogP contribution in [0, 0.1) is 0 Å². The predicted molar refractivity (Wildman–Crippen MR) is 202 cm³/mol. The summed E-state index contributed by atoms with van der Waals surface area (Å²) in [5.74, 6) is -0.599. The minimum atomic E-state index is -1.12. The smallest absolute Gasteiger partial charge is 0.333 e. The molecule has 3 aliphatic heterocycles. The van der Waals surface area contributed by atoms with E-state index in [0.717, 1.165) is 29.3 Å². The van der Waals surface area contributed by atoms with Gasteiger partial charge in [-0.2, -0.15) is 0 Å². The van der Waals surface area contributed by atoms with Crippen molar-refractivity contribution in [3.63, 3.8) is 0 Å². The highest BCUT2D eigenvalue weighted by Gasteiger charge is 2.47. The average molecular weight is 725 g/mol. The number of aliphatic hydroxyl groups is 1. The molecule has 53 heavy (non-hydrogen) atoms. The van der Waals surface area contributed by atoms with Crippen molar-refractivity contribution in [3.8, 4) is 17.2 Å². The zero-order valence-electron chi connectivity index (χ0n) is 30.5. The van der Waals surface area contributed by atoms with Crippen molar-refractivity contribution in [2.75, 3.05) is 13.1 Å². The molecular formula is C41H48N4O8. The van der Waals surface area contributed by atoms with E-state index in [9.17, 15) is 24.9 Å². The minimum Gasteiger partial charge on any atom is -0.508 e. The Morgan fingerprint density at radius 2 is 2.08 bits per heavy atom. The monoisotopic (exact) mass is 724 g/mol. The van der Waals surface area contributed by atoms with Gasteiger partial charge in [0.2, 0.25) is 0 Å². The molecule has 4 heterocycles. The zero-order valence-corrected chi connectivity index (χ0v) is 30.5. The molecule has 2 aromatic carbocycles. The molecule has 0 saturated carbocycles. The van der Waals surface area contributed by atoms with E-state index >= 15 is 0 Å². The third-order valence-corrected chi connectivity index (χ3v) is 10.2. The van der Waals surface area contributed by atoms with Crippen molar-refractivity contribution >= 4 is 16.9 Å². The maximum Gasteiger partial charge on any atom is 0.333 e. The van der Waals surface area contributed by atoms with Crippen LogP contribution in [0.15, 0.2) is 98.7 Å². The van der Waals surface area contributed by atoms with E-state index in [0.29, 0.717) is 54.1 Å². The number of dihydropyridines is 2. The molecule has 3 aromatic rings. The van der Waals surface area contributed by atoms with Gasteiger partial charge in [0.1, 0.15) is 52.3 Å². The van der Waals surface area contributed by atoms with Gasteiger partial charge in [-0.1, -0.05) is 37.3 Å². The summed E-state index contributed by atoms with van der Waals surface area (Å²) in [5.41, 5.74) is 8.46. The van der Waals surface area contributed by atoms with E-state index in [4.69, 9.17) is 19.6 Å². The molecular weight excluding hydrogens is 676 g/mol. The highest BCUT2D eigenvalue weighted by atomic mass is 16.6. The van der Waals surface area contributed by atoms with E-state index in [1.54, 1.807) is 44.2 Å². The van der Waals surface area contributed by atoms with Crippen LogP contribution < -0.4 is 31.8 Å². The van der Waals surface area contributed by atoms with Gasteiger partial charge < -0.3 is 45.6 Å². The summed E-state index contributed by atoms with van der Waals surface area (Å²) >= 11 is 0. The van der Waals surface area contributed by atoms with Crippen LogP contribution in [0.1, 0.15) is 68.9 Å². The summed E-state index contributed by atoms with van der Waals surface area (Å²) in [6, 6.07) is 8.04. The van der Waals surface area contributed by atoms with Crippen molar-refractivity contribution < 1.29 is 34.0 Å². The third kappa shape index (κ3) is 7.84. The number of nitrogens with two attached hydrogens (primary N) is 1. The molecule has 3 aliphatic rings. The number of carbonyl (C=O) groups excluding carboxylic acids is 1. The molecule has 12 heteroatoms. The number of allylic oxidation sites excluding steroid dienone is 5. The lowest BCUT2D eigenvalue weighted by Gasteiger charge is -2.43. The highest BCUT2D eigenvalue weighted by molar-refractivity contribution is 5.92. The summed E-state index contributed by atoms with van der Waals surface area (Å²) in [5, 5.41) is 42.2. The number of aromatic hydroxyl groups is 2. The van der Waals surface area contributed by atoms with Crippen LogP contribution >= 0.6 is 0 Å². The number of likely N-dealkylation sites (N-methyl/N-ethyl adjacent to an activating group) is 1. The molecule has 0 fully saturated rings. The predicted octanol–water partition coefficient (Wildman–Crippen LogP) is 4.68. The van der Waals surface area contributed by atoms with Crippen LogP contribution in [0.4, 0.5) is 0 Å². The topological polar surface area (TPSA) is 189 Å². The van der Waals surface area contributed by atoms with Crippen LogP contribution in [0.3, 0.4) is 0 Å². The number of hydrogen-bond donors (Lipinski definition) is 7. The molecule has 0 spiro atoms. The molecule has 280 valence electrons. The number of nitrogens with one attached hydrogen (secondary N) is 3. The number of ether oxygens (including phenoxy) is 2. The maximum absolute atomic E-state index is 13.8. The van der Waals surface area contributed by atoms with Crippen LogP contribution in [-0.4, -0.2) is 52.2 Å². The molecule has 4 atom stereocenters. The van der Waals surface area contributed by atoms with Gasteiger partial charge in [0.15, 0.2) is 5.43 Å². The summed E-state index contributed by atoms with van der Waals surface area (Å²) in [6.45, 7) is 8.05. The molecule has 0 aliphatic carbocycles. The first-order chi connectivity index (χ1) is 25.4. The molecule has 0 saturated heterocycles. The number of phenolic OH excluding ortho intramolecular Hbond substituents is 2. The van der Waals surface area contributed by atoms with Gasteiger partial charge in [-0.15, -0.1) is 0 Å². The highest BCUT2D eigenvalue weighted by Crippen LogP contribution is 2.51. The average Bonchev–Trinajstić information content (AvgIpc) is 3.14. The molecule has 4 unspecified atom stereocenters. The van der Waals surface area contributed by atoms with E-state index in [2.05, 4.69) is 22.0 Å². The minimum absolute atomic E-state index is 0.0140. The first kappa shape index (κ1) is 37.3. The van der Waals surface area contributed by atoms with Crippen molar-refractivity contribution in [3.05, 3.63) is 122 Å². The first-order valence-electron chi connectivity index (χ1n) is 18.0. The lowest BCUT2D eigenvalue weighted by atomic mass is 9.78. The fraction of sp³-hybridized carbons (Fsp3) is 0.366. The van der Waals surface area contributed by atoms with E-state index < -0.39 is 35.6 Å². The lowest BCUT2D eigenvalue weighted by Crippen LogP contribution is -2.51. The van der Waals surface area contributed by atoms with Gasteiger partial charge in [-0.3, -0.25) is 10.1 Å². The Labute approximate surface area is 308 Å². The molecule has 0 bridgehead atoms. The molecule has 1 aromatic heterocycles. The Balaban J connectivity index is 1.56. The van der Waals surface area contributed by atoms with Crippen molar-refractivity contribution in [2.45, 2.75) is 83.8 Å². The van der Waals surface area contributed by atoms with E-state index in [1.807, 2.05) is 38.3 Å². The van der Waals surface area contributed by atoms with Gasteiger partial charge >= 0.3 is 5.97 Å². The number of aliphatic hydroxyl groups excluding tert-OH is 1. The van der Waals surface area contributed by atoms with Gasteiger partial charge in [0, 0.05) is 47.8 Å². The van der Waals surface area contributed by atoms with Crippen LogP contribution in [0.5, 0.6) is 17.2 Å². The zero-order chi connectivity index (χ0) is 37.9. The van der Waals surface area contributed by atoms with Crippen molar-refractivity contribution in [1.29, 1.82) is 0 Å².